The van der Waals surface area contributed by atoms with Gasteiger partial charge in [-0.2, -0.15) is 9.29 Å². The second-order valence-electron chi connectivity index (χ2n) is 5.41. The van der Waals surface area contributed by atoms with Crippen molar-refractivity contribution < 1.29 is 12.9 Å². The van der Waals surface area contributed by atoms with E-state index in [1.165, 1.54) is 4.31 Å². The Bertz CT molecular complexity index is 730. The number of hydrogen-bond acceptors (Lipinski definition) is 6. The SMILES string of the molecule is CC(c1cccnc1)c1noc(CN2CCCCS2(=O)=O)n1. The lowest BCUT2D eigenvalue weighted by Crippen LogP contribution is -2.37. The van der Waals surface area contributed by atoms with Crippen LogP contribution in [0, 0.1) is 0 Å². The highest BCUT2D eigenvalue weighted by molar-refractivity contribution is 7.89. The lowest BCUT2D eigenvalue weighted by atomic mass is 10.0. The van der Waals surface area contributed by atoms with Crippen molar-refractivity contribution >= 4 is 10.0 Å². The molecule has 8 heteroatoms. The molecule has 3 heterocycles. The molecule has 2 aromatic rings. The Morgan fingerprint density at radius 1 is 1.41 bits per heavy atom. The maximum absolute atomic E-state index is 12.0. The molecule has 1 fully saturated rings. The monoisotopic (exact) mass is 322 g/mol. The van der Waals surface area contributed by atoms with E-state index in [2.05, 4.69) is 15.1 Å². The molecule has 0 N–H and O–H groups in total. The number of aromatic nitrogens is 3. The summed E-state index contributed by atoms with van der Waals surface area (Å²) >= 11 is 0. The minimum absolute atomic E-state index is 0.0517. The Labute approximate surface area is 129 Å². The van der Waals surface area contributed by atoms with Crippen molar-refractivity contribution in [1.82, 2.24) is 19.4 Å². The molecule has 0 bridgehead atoms. The van der Waals surface area contributed by atoms with Gasteiger partial charge in [0.25, 0.3) is 0 Å². The molecule has 1 atom stereocenters. The molecule has 0 aliphatic carbocycles. The second kappa shape index (κ2) is 6.13. The van der Waals surface area contributed by atoms with E-state index in [0.717, 1.165) is 12.0 Å². The molecule has 1 aliphatic heterocycles. The molecule has 0 saturated carbocycles. The van der Waals surface area contributed by atoms with Gasteiger partial charge in [0.05, 0.1) is 12.3 Å². The third kappa shape index (κ3) is 3.17. The fraction of sp³-hybridized carbons (Fsp3) is 0.500. The van der Waals surface area contributed by atoms with E-state index in [0.29, 0.717) is 24.7 Å². The smallest absolute Gasteiger partial charge is 0.241 e. The summed E-state index contributed by atoms with van der Waals surface area (Å²) in [5, 5.41) is 3.97. The maximum atomic E-state index is 12.0. The number of rotatable bonds is 4. The molecule has 0 aromatic carbocycles. The van der Waals surface area contributed by atoms with Gasteiger partial charge in [-0.1, -0.05) is 18.1 Å². The molecular weight excluding hydrogens is 304 g/mol. The molecular formula is C14H18N4O3S. The summed E-state index contributed by atoms with van der Waals surface area (Å²) in [5.74, 6) is 1.01. The van der Waals surface area contributed by atoms with Crippen LogP contribution in [0.25, 0.3) is 0 Å². The molecule has 0 radical (unpaired) electrons. The normalized spacial score (nSPS) is 19.9. The maximum Gasteiger partial charge on any atom is 0.241 e. The van der Waals surface area contributed by atoms with Crippen LogP contribution < -0.4 is 0 Å². The second-order valence-corrected chi connectivity index (χ2v) is 7.50. The topological polar surface area (TPSA) is 89.2 Å². The zero-order chi connectivity index (χ0) is 15.6. The van der Waals surface area contributed by atoms with Crippen molar-refractivity contribution in [2.45, 2.75) is 32.2 Å². The van der Waals surface area contributed by atoms with E-state index in [1.807, 2.05) is 19.1 Å². The summed E-state index contributed by atoms with van der Waals surface area (Å²) in [5.41, 5.74) is 0.987. The van der Waals surface area contributed by atoms with Crippen molar-refractivity contribution in [2.75, 3.05) is 12.3 Å². The molecule has 1 saturated heterocycles. The van der Waals surface area contributed by atoms with Crippen molar-refractivity contribution in [3.63, 3.8) is 0 Å². The Balaban J connectivity index is 1.74. The Hall–Kier alpha value is -1.80. The highest BCUT2D eigenvalue weighted by atomic mass is 32.2. The van der Waals surface area contributed by atoms with Gasteiger partial charge in [-0.3, -0.25) is 4.98 Å². The van der Waals surface area contributed by atoms with Crippen LogP contribution in [-0.4, -0.2) is 40.1 Å². The van der Waals surface area contributed by atoms with Gasteiger partial charge >= 0.3 is 0 Å². The summed E-state index contributed by atoms with van der Waals surface area (Å²) in [7, 11) is -3.19. The minimum Gasteiger partial charge on any atom is -0.338 e. The van der Waals surface area contributed by atoms with Gasteiger partial charge in [-0.05, 0) is 24.5 Å². The Morgan fingerprint density at radius 2 is 2.27 bits per heavy atom. The number of sulfonamides is 1. The lowest BCUT2D eigenvalue weighted by molar-refractivity contribution is 0.304. The van der Waals surface area contributed by atoms with Crippen molar-refractivity contribution in [3.05, 3.63) is 41.8 Å². The van der Waals surface area contributed by atoms with Crippen LogP contribution >= 0.6 is 0 Å². The van der Waals surface area contributed by atoms with E-state index in [1.54, 1.807) is 12.4 Å². The average Bonchev–Trinajstić information content (AvgIpc) is 2.98. The zero-order valence-electron chi connectivity index (χ0n) is 12.3. The molecule has 2 aromatic heterocycles. The first-order valence-electron chi connectivity index (χ1n) is 7.26. The van der Waals surface area contributed by atoms with Crippen molar-refractivity contribution in [2.24, 2.45) is 0 Å². The van der Waals surface area contributed by atoms with Crippen LogP contribution in [0.15, 0.2) is 29.0 Å². The van der Waals surface area contributed by atoms with Crippen LogP contribution in [0.1, 0.15) is 43.0 Å². The van der Waals surface area contributed by atoms with Gasteiger partial charge in [0, 0.05) is 24.9 Å². The Morgan fingerprint density at radius 3 is 3.00 bits per heavy atom. The van der Waals surface area contributed by atoms with Gasteiger partial charge in [0.2, 0.25) is 15.9 Å². The van der Waals surface area contributed by atoms with Gasteiger partial charge in [-0.15, -0.1) is 0 Å². The highest BCUT2D eigenvalue weighted by Gasteiger charge is 2.28. The first kappa shape index (κ1) is 15.1. The fourth-order valence-electron chi connectivity index (χ4n) is 2.46. The molecule has 118 valence electrons. The first-order chi connectivity index (χ1) is 10.6. The van der Waals surface area contributed by atoms with E-state index in [4.69, 9.17) is 4.52 Å². The van der Waals surface area contributed by atoms with Gasteiger partial charge < -0.3 is 4.52 Å². The van der Waals surface area contributed by atoms with Crippen LogP contribution in [-0.2, 0) is 16.6 Å². The van der Waals surface area contributed by atoms with Crippen LogP contribution in [0.5, 0.6) is 0 Å². The summed E-state index contributed by atoms with van der Waals surface area (Å²) < 4.78 is 30.6. The third-order valence-corrected chi connectivity index (χ3v) is 5.72. The molecule has 7 nitrogen and oxygen atoms in total. The lowest BCUT2D eigenvalue weighted by Gasteiger charge is -2.24. The standard InChI is InChI=1S/C14H18N4O3S/c1-11(12-5-4-6-15-9-12)14-16-13(21-17-14)10-18-7-2-3-8-22(18,19)20/h4-6,9,11H,2-3,7-8,10H2,1H3. The van der Waals surface area contributed by atoms with E-state index < -0.39 is 10.0 Å². The summed E-state index contributed by atoms with van der Waals surface area (Å²) in [6, 6.07) is 3.80. The number of hydrogen-bond donors (Lipinski definition) is 0. The zero-order valence-corrected chi connectivity index (χ0v) is 13.2. The summed E-state index contributed by atoms with van der Waals surface area (Å²) in [6.45, 7) is 2.62. The predicted octanol–water partition coefficient (Wildman–Crippen LogP) is 1.54. The molecule has 0 spiro atoms. The fourth-order valence-corrected chi connectivity index (χ4v) is 4.00. The average molecular weight is 322 g/mol. The number of nitrogens with zero attached hydrogens (tertiary/aromatic N) is 4. The van der Waals surface area contributed by atoms with Crippen molar-refractivity contribution in [1.29, 1.82) is 0 Å². The van der Waals surface area contributed by atoms with Crippen LogP contribution in [0.4, 0.5) is 0 Å². The summed E-state index contributed by atoms with van der Waals surface area (Å²) in [4.78, 5) is 8.41. The predicted molar refractivity (Wildman–Crippen MR) is 79.5 cm³/mol. The molecule has 3 rings (SSSR count). The molecule has 1 unspecified atom stereocenters. The third-order valence-electron chi connectivity index (χ3n) is 3.82. The highest BCUT2D eigenvalue weighted by Crippen LogP contribution is 2.22. The van der Waals surface area contributed by atoms with Crippen molar-refractivity contribution in [3.8, 4) is 0 Å². The van der Waals surface area contributed by atoms with Gasteiger partial charge in [0.1, 0.15) is 0 Å². The number of pyridine rings is 1. The quantitative estimate of drug-likeness (QED) is 0.848. The minimum atomic E-state index is -3.19. The van der Waals surface area contributed by atoms with Crippen LogP contribution in [0.3, 0.4) is 0 Å². The molecule has 1 aliphatic rings. The molecule has 0 amide bonds. The van der Waals surface area contributed by atoms with E-state index >= 15 is 0 Å². The molecule has 22 heavy (non-hydrogen) atoms. The first-order valence-corrected chi connectivity index (χ1v) is 8.87. The van der Waals surface area contributed by atoms with Crippen LogP contribution in [0.2, 0.25) is 0 Å². The van der Waals surface area contributed by atoms with Gasteiger partial charge in [0.15, 0.2) is 5.82 Å². The Kier molecular flexibility index (Phi) is 4.21. The largest absolute Gasteiger partial charge is 0.338 e. The van der Waals surface area contributed by atoms with E-state index in [9.17, 15) is 8.42 Å². The van der Waals surface area contributed by atoms with Gasteiger partial charge in [-0.25, -0.2) is 8.42 Å². The summed E-state index contributed by atoms with van der Waals surface area (Å²) in [6.07, 6.45) is 5.05. The van der Waals surface area contributed by atoms with E-state index in [-0.39, 0.29) is 18.2 Å².